The van der Waals surface area contributed by atoms with Crippen LogP contribution in [-0.2, 0) is 29.6 Å². The Morgan fingerprint density at radius 1 is 1.11 bits per heavy atom. The van der Waals surface area contributed by atoms with Crippen LogP contribution in [-0.4, -0.2) is 79.4 Å². The van der Waals surface area contributed by atoms with E-state index in [2.05, 4.69) is 5.32 Å². The van der Waals surface area contributed by atoms with Crippen LogP contribution in [0, 0.1) is 0 Å². The highest BCUT2D eigenvalue weighted by molar-refractivity contribution is 7.92. The monoisotopic (exact) mass is 545 g/mol. The standard InChI is InChI=1S/C21H24ClN3O8S2/c1-31-18-6-4-15(12-20(18)35(29,30)24-7-9-32-10-8-24)23-21(26)19-13-25(34(2,27)28)16-11-14(22)3-5-17(16)33-19/h3-6,11-12,19H,7-10,13H2,1-2H3,(H,23,26)/t19-/m1/s1. The summed E-state index contributed by atoms with van der Waals surface area (Å²) >= 11 is 6.00. The number of nitrogens with one attached hydrogen (secondary N) is 1. The molecule has 11 nitrogen and oxygen atoms in total. The van der Waals surface area contributed by atoms with Crippen molar-refractivity contribution in [1.29, 1.82) is 0 Å². The van der Waals surface area contributed by atoms with Gasteiger partial charge in [0.2, 0.25) is 20.0 Å². The maximum atomic E-state index is 13.2. The number of hydrogen-bond donors (Lipinski definition) is 1. The van der Waals surface area contributed by atoms with Crippen molar-refractivity contribution < 1.29 is 35.8 Å². The molecular weight excluding hydrogens is 522 g/mol. The Morgan fingerprint density at radius 3 is 2.49 bits per heavy atom. The molecular formula is C21H24ClN3O8S2. The van der Waals surface area contributed by atoms with Crippen LogP contribution in [0.1, 0.15) is 0 Å². The van der Waals surface area contributed by atoms with Crippen LogP contribution in [0.15, 0.2) is 41.3 Å². The third-order valence-electron chi connectivity index (χ3n) is 5.50. The predicted molar refractivity (Wildman–Crippen MR) is 129 cm³/mol. The number of sulfonamides is 2. The predicted octanol–water partition coefficient (Wildman–Crippen LogP) is 1.54. The highest BCUT2D eigenvalue weighted by Crippen LogP contribution is 2.37. The fourth-order valence-electron chi connectivity index (χ4n) is 3.78. The molecule has 2 aliphatic rings. The van der Waals surface area contributed by atoms with Crippen molar-refractivity contribution in [2.24, 2.45) is 0 Å². The number of anilines is 2. The molecule has 0 radical (unpaired) electrons. The van der Waals surface area contributed by atoms with Crippen molar-refractivity contribution in [2.75, 3.05) is 55.8 Å². The number of rotatable bonds is 6. The van der Waals surface area contributed by atoms with Gasteiger partial charge in [0.25, 0.3) is 5.91 Å². The molecule has 35 heavy (non-hydrogen) atoms. The number of halogens is 1. The number of methoxy groups -OCH3 is 1. The first-order chi connectivity index (χ1) is 16.5. The fourth-order valence-corrected chi connectivity index (χ4v) is 6.44. The van der Waals surface area contributed by atoms with Crippen molar-refractivity contribution in [3.05, 3.63) is 41.4 Å². The lowest BCUT2D eigenvalue weighted by atomic mass is 10.2. The number of morpholine rings is 1. The second kappa shape index (κ2) is 9.82. The van der Waals surface area contributed by atoms with Crippen LogP contribution in [0.25, 0.3) is 0 Å². The fraction of sp³-hybridized carbons (Fsp3) is 0.381. The Labute approximate surface area is 208 Å². The third kappa shape index (κ3) is 5.33. The van der Waals surface area contributed by atoms with E-state index in [-0.39, 0.29) is 60.6 Å². The van der Waals surface area contributed by atoms with Crippen molar-refractivity contribution in [3.8, 4) is 11.5 Å². The van der Waals surface area contributed by atoms with E-state index in [9.17, 15) is 21.6 Å². The Bertz CT molecular complexity index is 1340. The van der Waals surface area contributed by atoms with Crippen LogP contribution < -0.4 is 19.1 Å². The zero-order chi connectivity index (χ0) is 25.4. The zero-order valence-electron chi connectivity index (χ0n) is 18.9. The van der Waals surface area contributed by atoms with Crippen LogP contribution in [0.3, 0.4) is 0 Å². The molecule has 0 saturated carbocycles. The van der Waals surface area contributed by atoms with E-state index in [0.29, 0.717) is 5.02 Å². The van der Waals surface area contributed by atoms with Gasteiger partial charge in [-0.1, -0.05) is 11.6 Å². The van der Waals surface area contributed by atoms with E-state index in [1.165, 1.54) is 47.8 Å². The minimum Gasteiger partial charge on any atom is -0.495 e. The van der Waals surface area contributed by atoms with Crippen molar-refractivity contribution in [1.82, 2.24) is 4.31 Å². The smallest absolute Gasteiger partial charge is 0.267 e. The van der Waals surface area contributed by atoms with Gasteiger partial charge in [0.15, 0.2) is 6.10 Å². The number of ether oxygens (including phenoxy) is 3. The Balaban J connectivity index is 1.60. The molecule has 1 N–H and O–H groups in total. The molecule has 1 fully saturated rings. The first-order valence-electron chi connectivity index (χ1n) is 10.5. The van der Waals surface area contributed by atoms with Crippen molar-refractivity contribution in [3.63, 3.8) is 0 Å². The van der Waals surface area contributed by atoms with E-state index in [1.807, 2.05) is 0 Å². The van der Waals surface area contributed by atoms with E-state index in [1.54, 1.807) is 0 Å². The van der Waals surface area contributed by atoms with Crippen LogP contribution in [0.4, 0.5) is 11.4 Å². The number of fused-ring (bicyclic) bond motifs is 1. The summed E-state index contributed by atoms with van der Waals surface area (Å²) in [7, 11) is -6.30. The molecule has 0 aliphatic carbocycles. The Hall–Kier alpha value is -2.58. The molecule has 2 aliphatic heterocycles. The molecule has 2 heterocycles. The van der Waals surface area contributed by atoms with Gasteiger partial charge in [-0.15, -0.1) is 0 Å². The third-order valence-corrected chi connectivity index (χ3v) is 8.80. The van der Waals surface area contributed by atoms with Gasteiger partial charge >= 0.3 is 0 Å². The second-order valence-electron chi connectivity index (χ2n) is 7.88. The molecule has 0 bridgehead atoms. The number of benzene rings is 2. The number of nitrogens with zero attached hydrogens (tertiary/aromatic N) is 2. The molecule has 2 aromatic rings. The topological polar surface area (TPSA) is 132 Å². The van der Waals surface area contributed by atoms with Crippen LogP contribution in [0.5, 0.6) is 11.5 Å². The van der Waals surface area contributed by atoms with Crippen molar-refractivity contribution in [2.45, 2.75) is 11.0 Å². The molecule has 4 rings (SSSR count). The maximum Gasteiger partial charge on any atom is 0.267 e. The first kappa shape index (κ1) is 25.5. The SMILES string of the molecule is COc1ccc(NC(=O)[C@H]2CN(S(C)(=O)=O)c3cc(Cl)ccc3O2)cc1S(=O)(=O)N1CCOCC1. The maximum absolute atomic E-state index is 13.2. The summed E-state index contributed by atoms with van der Waals surface area (Å²) in [5.74, 6) is -0.354. The summed E-state index contributed by atoms with van der Waals surface area (Å²) in [5, 5.41) is 2.93. The molecule has 1 amide bonds. The molecule has 190 valence electrons. The summed E-state index contributed by atoms with van der Waals surface area (Å²) in [6, 6.07) is 8.67. The Morgan fingerprint density at radius 2 is 1.83 bits per heavy atom. The summed E-state index contributed by atoms with van der Waals surface area (Å²) in [6.07, 6.45) is -0.177. The van der Waals surface area contributed by atoms with Gasteiger partial charge in [0.1, 0.15) is 16.4 Å². The summed E-state index contributed by atoms with van der Waals surface area (Å²) in [6.45, 7) is 0.666. The van der Waals surface area contributed by atoms with Gasteiger partial charge in [-0.3, -0.25) is 9.10 Å². The van der Waals surface area contributed by atoms with Gasteiger partial charge < -0.3 is 19.5 Å². The van der Waals surface area contributed by atoms with E-state index in [0.717, 1.165) is 10.6 Å². The lowest BCUT2D eigenvalue weighted by Crippen LogP contribution is -2.48. The molecule has 1 saturated heterocycles. The average molecular weight is 546 g/mol. The minimum atomic E-state index is -3.91. The molecule has 0 aromatic heterocycles. The quantitative estimate of drug-likeness (QED) is 0.578. The van der Waals surface area contributed by atoms with Crippen LogP contribution >= 0.6 is 11.6 Å². The van der Waals surface area contributed by atoms with Gasteiger partial charge in [-0.2, -0.15) is 4.31 Å². The second-order valence-corrected chi connectivity index (χ2v) is 12.1. The molecule has 1 atom stereocenters. The first-order valence-corrected chi connectivity index (χ1v) is 14.2. The minimum absolute atomic E-state index is 0.109. The lowest BCUT2D eigenvalue weighted by molar-refractivity contribution is -0.122. The van der Waals surface area contributed by atoms with E-state index < -0.39 is 32.1 Å². The molecule has 0 unspecified atom stereocenters. The number of carbonyl (C=O) groups is 1. The highest BCUT2D eigenvalue weighted by Gasteiger charge is 2.36. The largest absolute Gasteiger partial charge is 0.495 e. The van der Waals surface area contributed by atoms with E-state index in [4.69, 9.17) is 25.8 Å². The van der Waals surface area contributed by atoms with E-state index >= 15 is 0 Å². The number of hydrogen-bond acceptors (Lipinski definition) is 8. The number of carbonyl (C=O) groups excluding carboxylic acids is 1. The van der Waals surface area contributed by atoms with Crippen molar-refractivity contribution >= 4 is 48.9 Å². The Kier molecular flexibility index (Phi) is 7.16. The van der Waals surface area contributed by atoms with Gasteiger partial charge in [-0.05, 0) is 36.4 Å². The van der Waals surface area contributed by atoms with Crippen LogP contribution in [0.2, 0.25) is 5.02 Å². The van der Waals surface area contributed by atoms with Gasteiger partial charge in [0.05, 0.1) is 38.8 Å². The molecule has 2 aromatic carbocycles. The lowest BCUT2D eigenvalue weighted by Gasteiger charge is -2.34. The normalized spacial score (nSPS) is 18.9. The summed E-state index contributed by atoms with van der Waals surface area (Å²) in [4.78, 5) is 12.9. The average Bonchev–Trinajstić information content (AvgIpc) is 2.83. The summed E-state index contributed by atoms with van der Waals surface area (Å²) in [5.41, 5.74) is 0.409. The zero-order valence-corrected chi connectivity index (χ0v) is 21.3. The number of amides is 1. The summed E-state index contributed by atoms with van der Waals surface area (Å²) < 4.78 is 69.7. The van der Waals surface area contributed by atoms with Gasteiger partial charge in [0, 0.05) is 23.8 Å². The van der Waals surface area contributed by atoms with Gasteiger partial charge in [-0.25, -0.2) is 16.8 Å². The highest BCUT2D eigenvalue weighted by atomic mass is 35.5. The molecule has 0 spiro atoms. The molecule has 14 heteroatoms.